The van der Waals surface area contributed by atoms with Crippen molar-refractivity contribution in [2.45, 2.75) is 70.4 Å². The van der Waals surface area contributed by atoms with Gasteiger partial charge in [-0.05, 0) is 31.6 Å². The lowest BCUT2D eigenvalue weighted by Gasteiger charge is -2.13. The number of hydrogen-bond acceptors (Lipinski definition) is 3. The molecule has 0 saturated heterocycles. The maximum atomic E-state index is 12.1. The molecule has 0 heterocycles. The number of rotatable bonds is 10. The Kier molecular flexibility index (Phi) is 9.41. The molecule has 22 heavy (non-hydrogen) atoms. The van der Waals surface area contributed by atoms with Gasteiger partial charge in [-0.25, -0.2) is 0 Å². The molecule has 0 amide bonds. The van der Waals surface area contributed by atoms with E-state index in [-0.39, 0.29) is 17.6 Å². The summed E-state index contributed by atoms with van der Waals surface area (Å²) in [6.45, 7) is 2.10. The summed E-state index contributed by atoms with van der Waals surface area (Å²) < 4.78 is 0. The Bertz CT molecular complexity index is 379. The van der Waals surface area contributed by atoms with E-state index in [4.69, 9.17) is 0 Å². The Labute approximate surface area is 135 Å². The van der Waals surface area contributed by atoms with Crippen molar-refractivity contribution in [2.24, 2.45) is 11.8 Å². The maximum Gasteiger partial charge on any atom is 0.165 e. The number of hydrogen-bond donors (Lipinski definition) is 2. The summed E-state index contributed by atoms with van der Waals surface area (Å²) in [6.07, 6.45) is 14.1. The Morgan fingerprint density at radius 1 is 1.36 bits per heavy atom. The molecule has 1 saturated carbocycles. The first-order valence-corrected chi connectivity index (χ1v) is 8.83. The van der Waals surface area contributed by atoms with Gasteiger partial charge in [0.15, 0.2) is 5.78 Å². The van der Waals surface area contributed by atoms with Crippen LogP contribution in [0.1, 0.15) is 51.9 Å². The van der Waals surface area contributed by atoms with Gasteiger partial charge in [-0.3, -0.25) is 4.79 Å². The van der Waals surface area contributed by atoms with Crippen molar-refractivity contribution >= 4 is 13.6 Å². The molecule has 3 nitrogen and oxygen atoms in total. The highest BCUT2D eigenvalue weighted by Crippen LogP contribution is 2.33. The highest BCUT2D eigenvalue weighted by molar-refractivity contribution is 6.08. The summed E-state index contributed by atoms with van der Waals surface area (Å²) in [5.41, 5.74) is 0. The highest BCUT2D eigenvalue weighted by Gasteiger charge is 2.38. The third-order valence-electron chi connectivity index (χ3n) is 4.42. The number of unbranched alkanes of at least 4 members (excludes halogenated alkanes) is 2. The van der Waals surface area contributed by atoms with E-state index in [0.29, 0.717) is 12.8 Å². The van der Waals surface area contributed by atoms with Crippen LogP contribution in [0.15, 0.2) is 24.3 Å². The number of carbonyl (C=O) groups excluding carboxylic acids is 1. The third-order valence-corrected chi connectivity index (χ3v) is 4.42. The molecule has 0 aliphatic heterocycles. The molecule has 1 aliphatic carbocycles. The number of carbonyl (C=O) groups is 1. The Morgan fingerprint density at radius 2 is 2.14 bits per heavy atom. The third kappa shape index (κ3) is 6.49. The Balaban J connectivity index is 2.53. The van der Waals surface area contributed by atoms with Crippen molar-refractivity contribution in [3.05, 3.63) is 24.3 Å². The smallest absolute Gasteiger partial charge is 0.165 e. The fraction of sp³-hybridized carbons (Fsp3) is 0.722. The van der Waals surface area contributed by atoms with Crippen LogP contribution >= 0.6 is 0 Å². The first-order valence-electron chi connectivity index (χ1n) is 8.83. The van der Waals surface area contributed by atoms with Crippen LogP contribution in [-0.4, -0.2) is 36.1 Å². The van der Waals surface area contributed by atoms with Crippen LogP contribution in [0.25, 0.3) is 0 Å². The van der Waals surface area contributed by atoms with E-state index in [2.05, 4.69) is 26.9 Å². The predicted octanol–water partition coefficient (Wildman–Crippen LogP) is 2.44. The van der Waals surface area contributed by atoms with Crippen LogP contribution in [0, 0.1) is 11.8 Å². The molecule has 1 rings (SSSR count). The van der Waals surface area contributed by atoms with E-state index in [1.165, 1.54) is 12.7 Å². The van der Waals surface area contributed by atoms with E-state index in [1.54, 1.807) is 6.08 Å². The summed E-state index contributed by atoms with van der Waals surface area (Å²) in [5, 5.41) is 19.7. The summed E-state index contributed by atoms with van der Waals surface area (Å²) in [4.78, 5) is 12.1. The average molecular weight is 306 g/mol. The quantitative estimate of drug-likeness (QED) is 0.370. The molecule has 0 aromatic heterocycles. The van der Waals surface area contributed by atoms with E-state index >= 15 is 0 Å². The molecule has 124 valence electrons. The zero-order valence-electron chi connectivity index (χ0n) is 14.1. The number of aliphatic hydroxyl groups excluding tert-OH is 2. The summed E-state index contributed by atoms with van der Waals surface area (Å²) in [6, 6.07) is 0. The van der Waals surface area contributed by atoms with Gasteiger partial charge in [-0.1, -0.05) is 56.8 Å². The van der Waals surface area contributed by atoms with Gasteiger partial charge in [0, 0.05) is 5.92 Å². The minimum Gasteiger partial charge on any atom is -0.389 e. The molecule has 4 atom stereocenters. The zero-order chi connectivity index (χ0) is 16.4. The molecular formula is C18H31BO3. The van der Waals surface area contributed by atoms with Crippen molar-refractivity contribution in [2.75, 3.05) is 0 Å². The van der Waals surface area contributed by atoms with Crippen molar-refractivity contribution in [1.82, 2.24) is 0 Å². The number of aliphatic hydroxyl groups is 2. The van der Waals surface area contributed by atoms with E-state index in [9.17, 15) is 15.0 Å². The SMILES string of the molecule is BCCC/C=C\C[C@H]1C(=O)C(O)C[C@@H]1/C=C/C(O)CCCC. The lowest BCUT2D eigenvalue weighted by atomic mass is 9.91. The second kappa shape index (κ2) is 10.8. The molecule has 4 heteroatoms. The number of allylic oxidation sites excluding steroid dienone is 3. The Morgan fingerprint density at radius 3 is 2.82 bits per heavy atom. The minimum atomic E-state index is -0.837. The molecule has 2 unspecified atom stereocenters. The number of Topliss-reactive ketones (excluding diaryl/α,β-unsaturated/α-hetero) is 1. The van der Waals surface area contributed by atoms with Crippen LogP contribution in [0.3, 0.4) is 0 Å². The molecule has 0 aromatic carbocycles. The van der Waals surface area contributed by atoms with Crippen molar-refractivity contribution in [1.29, 1.82) is 0 Å². The van der Waals surface area contributed by atoms with E-state index < -0.39 is 12.2 Å². The topological polar surface area (TPSA) is 57.5 Å². The van der Waals surface area contributed by atoms with Crippen LogP contribution in [0.5, 0.6) is 0 Å². The first-order chi connectivity index (χ1) is 10.6. The normalized spacial score (nSPS) is 27.2. The molecule has 0 aromatic rings. The van der Waals surface area contributed by atoms with Gasteiger partial charge in [0.25, 0.3) is 0 Å². The first kappa shape index (κ1) is 19.2. The van der Waals surface area contributed by atoms with E-state index in [0.717, 1.165) is 25.7 Å². The van der Waals surface area contributed by atoms with Crippen molar-refractivity contribution in [3.8, 4) is 0 Å². The Hall–Kier alpha value is -0.865. The predicted molar refractivity (Wildman–Crippen MR) is 93.6 cm³/mol. The summed E-state index contributed by atoms with van der Waals surface area (Å²) in [5.74, 6) is -0.130. The minimum absolute atomic E-state index is 0.0437. The monoisotopic (exact) mass is 306 g/mol. The van der Waals surface area contributed by atoms with Crippen LogP contribution < -0.4 is 0 Å². The van der Waals surface area contributed by atoms with Gasteiger partial charge in [0.05, 0.1) is 6.10 Å². The molecule has 2 N–H and O–H groups in total. The van der Waals surface area contributed by atoms with Crippen LogP contribution in [-0.2, 0) is 4.79 Å². The summed E-state index contributed by atoms with van der Waals surface area (Å²) >= 11 is 0. The molecule has 1 aliphatic rings. The average Bonchev–Trinajstić information content (AvgIpc) is 2.78. The molecule has 0 spiro atoms. The lowest BCUT2D eigenvalue weighted by Crippen LogP contribution is -2.19. The van der Waals surface area contributed by atoms with Crippen LogP contribution in [0.2, 0.25) is 6.32 Å². The molecule has 1 fully saturated rings. The maximum absolute atomic E-state index is 12.1. The number of ketones is 1. The van der Waals surface area contributed by atoms with Gasteiger partial charge in [-0.15, -0.1) is 0 Å². The fourth-order valence-corrected chi connectivity index (χ4v) is 2.96. The van der Waals surface area contributed by atoms with Crippen LogP contribution in [0.4, 0.5) is 0 Å². The van der Waals surface area contributed by atoms with Crippen molar-refractivity contribution in [3.63, 3.8) is 0 Å². The zero-order valence-corrected chi connectivity index (χ0v) is 14.1. The van der Waals surface area contributed by atoms with E-state index in [1.807, 2.05) is 6.08 Å². The van der Waals surface area contributed by atoms with Gasteiger partial charge in [-0.2, -0.15) is 0 Å². The van der Waals surface area contributed by atoms with Gasteiger partial charge in [0.2, 0.25) is 0 Å². The largest absolute Gasteiger partial charge is 0.389 e. The lowest BCUT2D eigenvalue weighted by molar-refractivity contribution is -0.127. The molecular weight excluding hydrogens is 275 g/mol. The summed E-state index contributed by atoms with van der Waals surface area (Å²) in [7, 11) is 2.16. The van der Waals surface area contributed by atoms with Gasteiger partial charge >= 0.3 is 0 Å². The van der Waals surface area contributed by atoms with Crippen molar-refractivity contribution < 1.29 is 15.0 Å². The molecule has 0 radical (unpaired) electrons. The standard InChI is InChI=1S/C18H31BO3/c1-2-3-8-15(20)11-10-14-13-17(21)18(22)16(14)9-6-4-5-7-12-19/h4,6,10-11,14-17,20-21H,2-3,5,7-9,12-13,19H2,1H3/b6-4-,11-10+/t14-,15?,16+,17?/m0/s1. The fourth-order valence-electron chi connectivity index (χ4n) is 2.96. The van der Waals surface area contributed by atoms with Gasteiger partial charge in [0.1, 0.15) is 14.0 Å². The second-order valence-electron chi connectivity index (χ2n) is 6.37. The van der Waals surface area contributed by atoms with Gasteiger partial charge < -0.3 is 10.2 Å². The highest BCUT2D eigenvalue weighted by atomic mass is 16.3. The second-order valence-corrected chi connectivity index (χ2v) is 6.37. The molecule has 0 bridgehead atoms.